The van der Waals surface area contributed by atoms with E-state index in [4.69, 9.17) is 19.7 Å². The molecule has 0 saturated heterocycles. The summed E-state index contributed by atoms with van der Waals surface area (Å²) in [6.45, 7) is 8.44. The number of fused-ring (bicyclic) bond motifs is 2. The number of aromatic nitrogens is 1. The first kappa shape index (κ1) is 34.0. The van der Waals surface area contributed by atoms with Crippen LogP contribution in [0, 0.1) is 24.7 Å². The molecule has 1 aliphatic heterocycles. The van der Waals surface area contributed by atoms with Crippen LogP contribution in [-0.2, 0) is 25.5 Å². The third kappa shape index (κ3) is 8.12. The Kier molecular flexibility index (Phi) is 11.9. The molecule has 1 unspecified atom stereocenters. The summed E-state index contributed by atoms with van der Waals surface area (Å²) in [5, 5.41) is 0.809. The van der Waals surface area contributed by atoms with Crippen molar-refractivity contribution in [1.82, 2.24) is 4.98 Å². The number of nitrogens with zero attached hydrogens (tertiary/aromatic N) is 1. The number of benzene rings is 1. The van der Waals surface area contributed by atoms with E-state index in [1.165, 1.54) is 31.5 Å². The van der Waals surface area contributed by atoms with Gasteiger partial charge in [-0.1, -0.05) is 24.9 Å². The molecule has 2 atom stereocenters. The summed E-state index contributed by atoms with van der Waals surface area (Å²) in [5.74, 6) is 3.05. The van der Waals surface area contributed by atoms with Gasteiger partial charge in [0, 0.05) is 44.4 Å². The van der Waals surface area contributed by atoms with Crippen molar-refractivity contribution in [3.05, 3.63) is 73.2 Å². The fourth-order valence-corrected chi connectivity index (χ4v) is 10.4. The predicted octanol–water partition coefficient (Wildman–Crippen LogP) is 10.7. The van der Waals surface area contributed by atoms with Crippen LogP contribution in [0.4, 0.5) is 0 Å². The Labute approximate surface area is 287 Å². The number of aryl methyl sites for hydroxylation is 3. The second-order valence-electron chi connectivity index (χ2n) is 13.3. The Hall–Kier alpha value is -1.38. The maximum atomic E-state index is 13.2. The molecular weight excluding hydrogens is 749 g/mol. The van der Waals surface area contributed by atoms with Crippen LogP contribution in [0.5, 0.6) is 0 Å². The van der Waals surface area contributed by atoms with Gasteiger partial charge in [-0.2, -0.15) is 0 Å². The highest BCUT2D eigenvalue weighted by molar-refractivity contribution is 14.2. The maximum Gasteiger partial charge on any atom is 0.167 e. The molecule has 0 spiro atoms. The Bertz CT molecular complexity index is 1460. The van der Waals surface area contributed by atoms with E-state index in [1.807, 2.05) is 20.0 Å². The number of carbonyl (C=O) groups excluding carboxylic acids is 2. The van der Waals surface area contributed by atoms with Crippen molar-refractivity contribution in [1.29, 1.82) is 0 Å². The van der Waals surface area contributed by atoms with E-state index in [9.17, 15) is 9.59 Å². The number of halogens is 3. The number of carbonyl (C=O) groups is 2. The van der Waals surface area contributed by atoms with Crippen LogP contribution in [-0.4, -0.2) is 20.1 Å². The van der Waals surface area contributed by atoms with Gasteiger partial charge in [0.15, 0.2) is 5.78 Å². The SMILES string of the molecule is CCCC(CCCC(=O)CC1CCC(CC(=O)C2=C(C)OI=C2C)CC1)[C@H]1c2ncc(Br)cc2CCc2cc(Cl)cc(C)c21. The van der Waals surface area contributed by atoms with Crippen molar-refractivity contribution in [2.75, 3.05) is 0 Å². The van der Waals surface area contributed by atoms with E-state index in [-0.39, 0.29) is 11.7 Å². The third-order valence-electron chi connectivity index (χ3n) is 10.0. The molecule has 7 heteroatoms. The highest BCUT2D eigenvalue weighted by atomic mass is 127. The minimum atomic E-state index is -0.448. The molecule has 1 aromatic carbocycles. The number of Topliss-reactive ketones (excluding diaryl/α,β-unsaturated/α-hetero) is 2. The first-order valence-electron chi connectivity index (χ1n) is 16.5. The lowest BCUT2D eigenvalue weighted by Crippen LogP contribution is -2.21. The van der Waals surface area contributed by atoms with Gasteiger partial charge in [0.05, 0.1) is 11.3 Å². The Morgan fingerprint density at radius 3 is 2.41 bits per heavy atom. The molecule has 2 aromatic rings. The zero-order valence-electron chi connectivity index (χ0n) is 26.6. The number of ketones is 2. The van der Waals surface area contributed by atoms with Gasteiger partial charge in [0.1, 0.15) is 32.7 Å². The van der Waals surface area contributed by atoms with Gasteiger partial charge in [-0.3, -0.25) is 14.6 Å². The third-order valence-corrected chi connectivity index (χ3v) is 12.8. The normalized spacial score (nSPS) is 22.2. The van der Waals surface area contributed by atoms with E-state index >= 15 is 0 Å². The van der Waals surface area contributed by atoms with Gasteiger partial charge in [-0.05, 0) is 153 Å². The predicted molar refractivity (Wildman–Crippen MR) is 193 cm³/mol. The molecule has 1 saturated carbocycles. The van der Waals surface area contributed by atoms with E-state index in [2.05, 4.69) is 48.0 Å². The fourth-order valence-electron chi connectivity index (χ4n) is 7.97. The van der Waals surface area contributed by atoms with Crippen molar-refractivity contribution in [2.24, 2.45) is 17.8 Å². The summed E-state index contributed by atoms with van der Waals surface area (Å²) in [5.41, 5.74) is 7.41. The number of allylic oxidation sites excluding steroid dienone is 2. The molecule has 0 bridgehead atoms. The summed E-state index contributed by atoms with van der Waals surface area (Å²) in [6, 6.07) is 6.52. The molecule has 238 valence electrons. The van der Waals surface area contributed by atoms with Crippen molar-refractivity contribution < 1.29 is 12.7 Å². The molecule has 1 aromatic heterocycles. The lowest BCUT2D eigenvalue weighted by atomic mass is 9.75. The molecule has 1 fully saturated rings. The highest BCUT2D eigenvalue weighted by Gasteiger charge is 2.33. The molecule has 2 heterocycles. The van der Waals surface area contributed by atoms with Crippen LogP contribution in [0.25, 0.3) is 0 Å². The van der Waals surface area contributed by atoms with Gasteiger partial charge in [0.25, 0.3) is 0 Å². The molecule has 0 radical (unpaired) electrons. The van der Waals surface area contributed by atoms with Gasteiger partial charge in [-0.25, -0.2) is 0 Å². The summed E-state index contributed by atoms with van der Waals surface area (Å²) < 4.78 is 7.88. The number of rotatable bonds is 12. The molecular formula is C37H46BrClINO3. The molecule has 0 N–H and O–H groups in total. The summed E-state index contributed by atoms with van der Waals surface area (Å²) in [6.07, 6.45) is 14.2. The van der Waals surface area contributed by atoms with Crippen LogP contribution in [0.2, 0.25) is 5.02 Å². The van der Waals surface area contributed by atoms with E-state index in [1.54, 1.807) is 0 Å². The molecule has 44 heavy (non-hydrogen) atoms. The molecule has 4 nitrogen and oxygen atoms in total. The minimum absolute atomic E-state index is 0.222. The quantitative estimate of drug-likeness (QED) is 0.201. The second kappa shape index (κ2) is 15.5. The van der Waals surface area contributed by atoms with Gasteiger partial charge >= 0.3 is 0 Å². The van der Waals surface area contributed by atoms with Crippen molar-refractivity contribution in [3.8, 4) is 0 Å². The second-order valence-corrected chi connectivity index (χ2v) is 17.1. The van der Waals surface area contributed by atoms with Crippen LogP contribution in [0.15, 0.2) is 40.2 Å². The molecule has 0 amide bonds. The monoisotopic (exact) mass is 793 g/mol. The van der Waals surface area contributed by atoms with E-state index in [0.29, 0.717) is 42.8 Å². The fraction of sp³-hybridized carbons (Fsp3) is 0.568. The van der Waals surface area contributed by atoms with E-state index < -0.39 is 21.1 Å². The first-order valence-corrected chi connectivity index (χ1v) is 19.6. The number of pyridine rings is 1. The summed E-state index contributed by atoms with van der Waals surface area (Å²) >= 11 is 9.75. The number of hydrogen-bond acceptors (Lipinski definition) is 4. The highest BCUT2D eigenvalue weighted by Crippen LogP contribution is 2.45. The lowest BCUT2D eigenvalue weighted by Gasteiger charge is -2.30. The molecule has 3 aliphatic rings. The van der Waals surface area contributed by atoms with Crippen LogP contribution in [0.3, 0.4) is 0 Å². The Morgan fingerprint density at radius 1 is 1.02 bits per heavy atom. The standard InChI is InChI=1S/C37H46BrClINO3/c1-5-7-27(36-34-22(2)16-31(39)20-28(34)14-15-29-19-30(38)21-41-37(29)36)8-6-9-32(42)17-25-10-12-26(13-11-25)18-33(43)35-23(3)40-44-24(35)4/h16,19-21,25-27,36H,5-15,17-18H2,1-4H3/t25?,26?,27?,36-/m1/s1. The topological polar surface area (TPSA) is 56.3 Å². The molecule has 5 rings (SSSR count). The Morgan fingerprint density at radius 2 is 1.73 bits per heavy atom. The molecule has 2 aliphatic carbocycles. The van der Waals surface area contributed by atoms with Crippen molar-refractivity contribution >= 4 is 63.8 Å². The van der Waals surface area contributed by atoms with Crippen molar-refractivity contribution in [2.45, 2.75) is 117 Å². The van der Waals surface area contributed by atoms with E-state index in [0.717, 1.165) is 85.0 Å². The van der Waals surface area contributed by atoms with Gasteiger partial charge in [0.2, 0.25) is 0 Å². The number of hydrogen-bond donors (Lipinski definition) is 0. The Balaban J connectivity index is 1.18. The zero-order valence-corrected chi connectivity index (χ0v) is 31.1. The summed E-state index contributed by atoms with van der Waals surface area (Å²) in [7, 11) is 0. The zero-order chi connectivity index (χ0) is 31.4. The minimum Gasteiger partial charge on any atom is -0.439 e. The average Bonchev–Trinajstić information content (AvgIpc) is 3.23. The van der Waals surface area contributed by atoms with Crippen LogP contribution >= 0.6 is 48.7 Å². The largest absolute Gasteiger partial charge is 0.439 e. The van der Waals surface area contributed by atoms with Crippen LogP contribution in [0.1, 0.15) is 125 Å². The van der Waals surface area contributed by atoms with Gasteiger partial charge < -0.3 is 3.07 Å². The smallest absolute Gasteiger partial charge is 0.167 e. The van der Waals surface area contributed by atoms with Crippen molar-refractivity contribution in [3.63, 3.8) is 0 Å². The van der Waals surface area contributed by atoms with Crippen LogP contribution < -0.4 is 0 Å². The summed E-state index contributed by atoms with van der Waals surface area (Å²) in [4.78, 5) is 31.2. The average molecular weight is 795 g/mol. The maximum absolute atomic E-state index is 13.2. The first-order chi connectivity index (χ1) is 21.1. The van der Waals surface area contributed by atoms with Gasteiger partial charge in [-0.15, -0.1) is 0 Å². The lowest BCUT2D eigenvalue weighted by molar-refractivity contribution is -0.121.